The zero-order chi connectivity index (χ0) is 13.1. The van der Waals surface area contributed by atoms with Gasteiger partial charge in [0.1, 0.15) is 5.82 Å². The Kier molecular flexibility index (Phi) is 3.60. The summed E-state index contributed by atoms with van der Waals surface area (Å²) in [5, 5.41) is 8.96. The largest absolute Gasteiger partial charge is 0.481 e. The third kappa shape index (κ3) is 2.67. The van der Waals surface area contributed by atoms with Gasteiger partial charge in [-0.25, -0.2) is 4.39 Å². The van der Waals surface area contributed by atoms with Gasteiger partial charge in [-0.15, -0.1) is 0 Å². The van der Waals surface area contributed by atoms with Gasteiger partial charge in [-0.2, -0.15) is 0 Å². The number of aliphatic carboxylic acids is 1. The van der Waals surface area contributed by atoms with Crippen LogP contribution in [0.15, 0.2) is 30.4 Å². The lowest BCUT2D eigenvalue weighted by Gasteiger charge is -2.09. The van der Waals surface area contributed by atoms with Gasteiger partial charge in [0.25, 0.3) is 0 Å². The number of carboxylic acid groups (broad SMARTS) is 1. The first-order valence-electron chi connectivity index (χ1n) is 6.00. The summed E-state index contributed by atoms with van der Waals surface area (Å²) < 4.78 is 13.3. The zero-order valence-electron chi connectivity index (χ0n) is 10.2. The maximum Gasteiger partial charge on any atom is 0.307 e. The Morgan fingerprint density at radius 2 is 2.22 bits per heavy atom. The van der Waals surface area contributed by atoms with E-state index in [2.05, 4.69) is 0 Å². The quantitative estimate of drug-likeness (QED) is 0.882. The van der Waals surface area contributed by atoms with Crippen LogP contribution in [0.25, 0.3) is 11.6 Å². The lowest BCUT2D eigenvalue weighted by Crippen LogP contribution is -2.00. The van der Waals surface area contributed by atoms with Crippen LogP contribution in [-0.2, 0) is 4.79 Å². The molecule has 0 bridgehead atoms. The minimum atomic E-state index is -0.895. The van der Waals surface area contributed by atoms with Crippen LogP contribution in [0.5, 0.6) is 0 Å². The molecule has 0 spiro atoms. The molecule has 0 aliphatic heterocycles. The van der Waals surface area contributed by atoms with Crippen LogP contribution in [-0.4, -0.2) is 11.1 Å². The van der Waals surface area contributed by atoms with Gasteiger partial charge in [0.05, 0.1) is 6.42 Å². The summed E-state index contributed by atoms with van der Waals surface area (Å²) in [6.07, 6.45) is 6.72. The number of halogens is 1. The van der Waals surface area contributed by atoms with E-state index in [0.717, 1.165) is 12.0 Å². The Bertz CT molecular complexity index is 529. The Labute approximate surface area is 105 Å². The van der Waals surface area contributed by atoms with Gasteiger partial charge in [0.15, 0.2) is 0 Å². The van der Waals surface area contributed by atoms with Crippen molar-refractivity contribution in [1.29, 1.82) is 0 Å². The summed E-state index contributed by atoms with van der Waals surface area (Å²) in [7, 11) is 0. The first-order chi connectivity index (χ1) is 8.60. The molecule has 18 heavy (non-hydrogen) atoms. The number of carbonyl (C=O) groups is 1. The second-order valence-electron chi connectivity index (χ2n) is 4.43. The molecule has 94 valence electrons. The monoisotopic (exact) mass is 246 g/mol. The molecule has 0 heterocycles. The van der Waals surface area contributed by atoms with E-state index in [1.54, 1.807) is 6.07 Å². The van der Waals surface area contributed by atoms with Crippen molar-refractivity contribution in [2.45, 2.75) is 19.8 Å². The van der Waals surface area contributed by atoms with E-state index >= 15 is 0 Å². The van der Waals surface area contributed by atoms with Crippen molar-refractivity contribution >= 4 is 17.6 Å². The molecule has 0 aromatic heterocycles. The maximum absolute atomic E-state index is 13.3. The molecule has 3 heteroatoms. The fourth-order valence-electron chi connectivity index (χ4n) is 2.15. The number of fused-ring (bicyclic) bond motifs is 1. The third-order valence-electron chi connectivity index (χ3n) is 3.11. The van der Waals surface area contributed by atoms with Crippen LogP contribution >= 0.6 is 0 Å². The van der Waals surface area contributed by atoms with Crippen molar-refractivity contribution in [1.82, 2.24) is 0 Å². The lowest BCUT2D eigenvalue weighted by atomic mass is 9.96. The standard InChI is InChI=1S/C15H15FO2/c1-2-10-3-4-11-5-6-13(16)9-14(11)12(7-10)8-15(17)18/h3-7,9-10H,2,8H2,1H3,(H,17,18). The molecule has 0 saturated carbocycles. The summed E-state index contributed by atoms with van der Waals surface area (Å²) in [5.74, 6) is -1.03. The van der Waals surface area contributed by atoms with Gasteiger partial charge in [-0.1, -0.05) is 31.2 Å². The Hall–Kier alpha value is -1.90. The number of allylic oxidation sites excluding steroid dienone is 2. The van der Waals surface area contributed by atoms with Crippen molar-refractivity contribution in [2.24, 2.45) is 5.92 Å². The third-order valence-corrected chi connectivity index (χ3v) is 3.11. The minimum absolute atomic E-state index is 0.0748. The van der Waals surface area contributed by atoms with Gasteiger partial charge >= 0.3 is 5.97 Å². The molecule has 1 aliphatic rings. The zero-order valence-corrected chi connectivity index (χ0v) is 10.2. The van der Waals surface area contributed by atoms with Crippen molar-refractivity contribution < 1.29 is 14.3 Å². The van der Waals surface area contributed by atoms with E-state index < -0.39 is 5.97 Å². The van der Waals surface area contributed by atoms with Gasteiger partial charge in [0, 0.05) is 0 Å². The van der Waals surface area contributed by atoms with Gasteiger partial charge < -0.3 is 5.11 Å². The SMILES string of the molecule is CCC1C=Cc2ccc(F)cc2C(CC(=O)O)=C1. The smallest absolute Gasteiger partial charge is 0.307 e. The second-order valence-corrected chi connectivity index (χ2v) is 4.43. The van der Waals surface area contributed by atoms with Crippen molar-refractivity contribution in [3.63, 3.8) is 0 Å². The highest BCUT2D eigenvalue weighted by atomic mass is 19.1. The van der Waals surface area contributed by atoms with Crippen LogP contribution in [0.2, 0.25) is 0 Å². The topological polar surface area (TPSA) is 37.3 Å². The fraction of sp³-hybridized carbons (Fsp3) is 0.267. The molecule has 1 atom stereocenters. The summed E-state index contributed by atoms with van der Waals surface area (Å²) >= 11 is 0. The summed E-state index contributed by atoms with van der Waals surface area (Å²) in [6.45, 7) is 2.04. The number of carboxylic acids is 1. The summed E-state index contributed by atoms with van der Waals surface area (Å²) in [4.78, 5) is 10.9. The normalized spacial score (nSPS) is 17.9. The van der Waals surface area contributed by atoms with E-state index in [1.807, 2.05) is 25.2 Å². The molecule has 1 aliphatic carbocycles. The number of hydrogen-bond acceptors (Lipinski definition) is 1. The molecule has 1 N–H and O–H groups in total. The van der Waals surface area contributed by atoms with Crippen LogP contribution in [0.3, 0.4) is 0 Å². The molecule has 0 fully saturated rings. The molecular weight excluding hydrogens is 231 g/mol. The molecule has 1 aromatic carbocycles. The highest BCUT2D eigenvalue weighted by molar-refractivity contribution is 5.87. The van der Waals surface area contributed by atoms with Gasteiger partial charge in [0.2, 0.25) is 0 Å². The Balaban J connectivity index is 2.51. The molecule has 0 amide bonds. The highest BCUT2D eigenvalue weighted by Crippen LogP contribution is 2.30. The molecule has 2 nitrogen and oxygen atoms in total. The van der Waals surface area contributed by atoms with Crippen LogP contribution in [0.1, 0.15) is 30.9 Å². The van der Waals surface area contributed by atoms with E-state index in [4.69, 9.17) is 5.11 Å². The van der Waals surface area contributed by atoms with Crippen molar-refractivity contribution in [3.8, 4) is 0 Å². The van der Waals surface area contributed by atoms with Gasteiger partial charge in [-0.05, 0) is 41.2 Å². The Morgan fingerprint density at radius 3 is 2.89 bits per heavy atom. The second kappa shape index (κ2) is 5.17. The summed E-state index contributed by atoms with van der Waals surface area (Å²) in [6, 6.07) is 4.50. The van der Waals surface area contributed by atoms with Crippen LogP contribution < -0.4 is 0 Å². The van der Waals surface area contributed by atoms with E-state index in [-0.39, 0.29) is 18.2 Å². The lowest BCUT2D eigenvalue weighted by molar-refractivity contribution is -0.135. The average Bonchev–Trinajstić information content (AvgIpc) is 2.49. The minimum Gasteiger partial charge on any atom is -0.481 e. The summed E-state index contributed by atoms with van der Waals surface area (Å²) in [5.41, 5.74) is 2.25. The number of rotatable bonds is 3. The fourth-order valence-corrected chi connectivity index (χ4v) is 2.15. The van der Waals surface area contributed by atoms with Crippen molar-refractivity contribution in [2.75, 3.05) is 0 Å². The van der Waals surface area contributed by atoms with E-state index in [9.17, 15) is 9.18 Å². The predicted octanol–water partition coefficient (Wildman–Crippen LogP) is 3.74. The first kappa shape index (κ1) is 12.6. The van der Waals surface area contributed by atoms with Crippen LogP contribution in [0.4, 0.5) is 4.39 Å². The van der Waals surface area contributed by atoms with E-state index in [1.165, 1.54) is 12.1 Å². The molecule has 2 rings (SSSR count). The molecule has 1 unspecified atom stereocenters. The average molecular weight is 246 g/mol. The number of hydrogen-bond donors (Lipinski definition) is 1. The Morgan fingerprint density at radius 1 is 1.44 bits per heavy atom. The first-order valence-corrected chi connectivity index (χ1v) is 6.00. The highest BCUT2D eigenvalue weighted by Gasteiger charge is 2.15. The maximum atomic E-state index is 13.3. The van der Waals surface area contributed by atoms with E-state index in [0.29, 0.717) is 11.1 Å². The molecule has 0 saturated heterocycles. The molecular formula is C15H15FO2. The molecule has 0 radical (unpaired) electrons. The molecule has 1 aromatic rings. The van der Waals surface area contributed by atoms with Crippen LogP contribution in [0, 0.1) is 11.7 Å². The predicted molar refractivity (Wildman–Crippen MR) is 69.4 cm³/mol. The number of benzene rings is 1. The van der Waals surface area contributed by atoms with Gasteiger partial charge in [-0.3, -0.25) is 4.79 Å². The van der Waals surface area contributed by atoms with Crippen molar-refractivity contribution in [3.05, 3.63) is 47.3 Å².